The second kappa shape index (κ2) is 8.39. The van der Waals surface area contributed by atoms with E-state index in [4.69, 9.17) is 0 Å². The van der Waals surface area contributed by atoms with Crippen LogP contribution in [0.15, 0.2) is 40.6 Å². The smallest absolute Gasteiger partial charge is 0.288 e. The number of hydrogen-bond acceptors (Lipinski definition) is 5. The molecule has 1 amide bonds. The number of thiophene rings is 1. The van der Waals surface area contributed by atoms with Gasteiger partial charge in [0.2, 0.25) is 0 Å². The van der Waals surface area contributed by atoms with Crippen molar-refractivity contribution >= 4 is 34.7 Å². The number of benzene rings is 1. The third-order valence-electron chi connectivity index (χ3n) is 3.42. The summed E-state index contributed by atoms with van der Waals surface area (Å²) < 4.78 is 25.3. The fourth-order valence-electron chi connectivity index (χ4n) is 2.18. The third kappa shape index (κ3) is 4.99. The lowest BCUT2D eigenvalue weighted by Crippen LogP contribution is -2.36. The van der Waals surface area contributed by atoms with Crippen molar-refractivity contribution < 1.29 is 18.5 Å². The van der Waals surface area contributed by atoms with E-state index in [0.717, 1.165) is 16.9 Å². The first kappa shape index (κ1) is 19.3. The van der Waals surface area contributed by atoms with Crippen LogP contribution in [0.25, 0.3) is 0 Å². The fraction of sp³-hybridized carbons (Fsp3) is 0.312. The van der Waals surface area contributed by atoms with Crippen LogP contribution in [0.4, 0.5) is 14.5 Å². The predicted molar refractivity (Wildman–Crippen MR) is 94.3 cm³/mol. The lowest BCUT2D eigenvalue weighted by atomic mass is 10.1. The minimum atomic E-state index is -2.59. The number of thioether (sulfide) groups is 1. The van der Waals surface area contributed by atoms with Crippen LogP contribution < -0.4 is 0 Å². The molecule has 0 unspecified atom stereocenters. The highest BCUT2D eigenvalue weighted by Crippen LogP contribution is 2.33. The highest BCUT2D eigenvalue weighted by atomic mass is 32.2. The molecular weight excluding hydrogens is 370 g/mol. The molecule has 2 aromatic rings. The fourth-order valence-corrected chi connectivity index (χ4v) is 3.83. The van der Waals surface area contributed by atoms with E-state index in [2.05, 4.69) is 0 Å². The van der Waals surface area contributed by atoms with Gasteiger partial charge in [-0.05, 0) is 30.9 Å². The van der Waals surface area contributed by atoms with E-state index < -0.39 is 10.7 Å². The Kier molecular flexibility index (Phi) is 6.49. The summed E-state index contributed by atoms with van der Waals surface area (Å²) in [7, 11) is 0. The normalized spacial score (nSPS) is 11.1. The minimum absolute atomic E-state index is 0.0277. The summed E-state index contributed by atoms with van der Waals surface area (Å²) in [5.74, 6) is -2.92. The molecule has 0 bridgehead atoms. The van der Waals surface area contributed by atoms with Crippen LogP contribution in [0.5, 0.6) is 0 Å². The summed E-state index contributed by atoms with van der Waals surface area (Å²) in [6.45, 7) is 3.90. The Hall–Kier alpha value is -2.00. The second-order valence-corrected chi connectivity index (χ2v) is 7.39. The first-order valence-corrected chi connectivity index (χ1v) is 9.12. The SMILES string of the molecule is CC(C)N(Cc1ccc([N+](=O)[O-])cc1)C(=O)c1sccc1SC(F)F. The van der Waals surface area contributed by atoms with Crippen molar-refractivity contribution in [2.75, 3.05) is 0 Å². The van der Waals surface area contributed by atoms with Gasteiger partial charge in [0.1, 0.15) is 4.88 Å². The molecule has 0 N–H and O–H groups in total. The number of carbonyl (C=O) groups excluding carboxylic acids is 1. The molecule has 1 heterocycles. The van der Waals surface area contributed by atoms with Crippen LogP contribution in [-0.2, 0) is 6.54 Å². The lowest BCUT2D eigenvalue weighted by Gasteiger charge is -2.27. The molecule has 25 heavy (non-hydrogen) atoms. The zero-order valence-electron chi connectivity index (χ0n) is 13.5. The van der Waals surface area contributed by atoms with E-state index >= 15 is 0 Å². The van der Waals surface area contributed by atoms with Gasteiger partial charge in [0.15, 0.2) is 0 Å². The number of carbonyl (C=O) groups is 1. The molecule has 0 aliphatic rings. The molecule has 0 saturated heterocycles. The Morgan fingerprint density at radius 2 is 1.92 bits per heavy atom. The predicted octanol–water partition coefficient (Wildman–Crippen LogP) is 5.02. The molecule has 5 nitrogen and oxygen atoms in total. The van der Waals surface area contributed by atoms with Gasteiger partial charge in [-0.15, -0.1) is 11.3 Å². The molecule has 2 rings (SSSR count). The van der Waals surface area contributed by atoms with Crippen molar-refractivity contribution in [1.29, 1.82) is 0 Å². The Bertz CT molecular complexity index is 748. The number of hydrogen-bond donors (Lipinski definition) is 0. The molecule has 134 valence electrons. The first-order chi connectivity index (χ1) is 11.8. The molecule has 0 fully saturated rings. The van der Waals surface area contributed by atoms with E-state index in [9.17, 15) is 23.7 Å². The number of nitro groups is 1. The maximum atomic E-state index is 12.8. The van der Waals surface area contributed by atoms with Gasteiger partial charge < -0.3 is 4.90 Å². The number of amides is 1. The third-order valence-corrected chi connectivity index (χ3v) is 5.23. The molecule has 1 aromatic heterocycles. The van der Waals surface area contributed by atoms with Crippen molar-refractivity contribution in [3.63, 3.8) is 0 Å². The maximum Gasteiger partial charge on any atom is 0.288 e. The number of nitro benzene ring substituents is 1. The largest absolute Gasteiger partial charge is 0.331 e. The van der Waals surface area contributed by atoms with Crippen molar-refractivity contribution in [1.82, 2.24) is 4.90 Å². The molecule has 0 radical (unpaired) electrons. The average Bonchev–Trinajstić information content (AvgIpc) is 2.99. The van der Waals surface area contributed by atoms with Gasteiger partial charge in [0.05, 0.1) is 4.92 Å². The highest BCUT2D eigenvalue weighted by Gasteiger charge is 2.24. The zero-order chi connectivity index (χ0) is 18.6. The van der Waals surface area contributed by atoms with Gasteiger partial charge in [-0.3, -0.25) is 14.9 Å². The van der Waals surface area contributed by atoms with Gasteiger partial charge in [-0.2, -0.15) is 8.78 Å². The van der Waals surface area contributed by atoms with Gasteiger partial charge in [-0.1, -0.05) is 23.9 Å². The van der Waals surface area contributed by atoms with Gasteiger partial charge in [-0.25, -0.2) is 0 Å². The van der Waals surface area contributed by atoms with E-state index in [1.165, 1.54) is 18.2 Å². The van der Waals surface area contributed by atoms with Crippen molar-refractivity contribution in [2.24, 2.45) is 0 Å². The monoisotopic (exact) mass is 386 g/mol. The average molecular weight is 386 g/mol. The molecule has 0 aliphatic carbocycles. The Labute approximate surface area is 151 Å². The number of nitrogens with zero attached hydrogens (tertiary/aromatic N) is 2. The molecule has 0 spiro atoms. The van der Waals surface area contributed by atoms with Crippen LogP contribution >= 0.6 is 23.1 Å². The lowest BCUT2D eigenvalue weighted by molar-refractivity contribution is -0.384. The quantitative estimate of drug-likeness (QED) is 0.381. The van der Waals surface area contributed by atoms with E-state index in [-0.39, 0.29) is 34.0 Å². The van der Waals surface area contributed by atoms with Crippen molar-refractivity contribution in [3.05, 3.63) is 56.3 Å². The van der Waals surface area contributed by atoms with E-state index in [0.29, 0.717) is 11.8 Å². The topological polar surface area (TPSA) is 63.4 Å². The van der Waals surface area contributed by atoms with Crippen LogP contribution in [-0.4, -0.2) is 27.5 Å². The summed E-state index contributed by atoms with van der Waals surface area (Å²) in [4.78, 5) is 25.1. The molecule has 1 aromatic carbocycles. The van der Waals surface area contributed by atoms with Crippen LogP contribution in [0.1, 0.15) is 29.1 Å². The molecule has 0 saturated carbocycles. The molecule has 0 aliphatic heterocycles. The molecular formula is C16H16F2N2O3S2. The summed E-state index contributed by atoms with van der Waals surface area (Å²) in [5.41, 5.74) is 0.701. The highest BCUT2D eigenvalue weighted by molar-refractivity contribution is 7.99. The summed E-state index contributed by atoms with van der Waals surface area (Å²) >= 11 is 1.48. The van der Waals surface area contributed by atoms with Crippen LogP contribution in [0.2, 0.25) is 0 Å². The number of non-ortho nitro benzene ring substituents is 1. The Balaban J connectivity index is 2.21. The standard InChI is InChI=1S/C16H16F2N2O3S2/c1-10(2)19(9-11-3-5-12(6-4-11)20(22)23)15(21)14-13(7-8-24-14)25-16(17)18/h3-8,10,16H,9H2,1-2H3. The maximum absolute atomic E-state index is 12.8. The van der Waals surface area contributed by atoms with E-state index in [1.54, 1.807) is 22.4 Å². The molecule has 9 heteroatoms. The van der Waals surface area contributed by atoms with E-state index in [1.807, 2.05) is 13.8 Å². The summed E-state index contributed by atoms with van der Waals surface area (Å²) in [5, 5.41) is 12.3. The number of rotatable bonds is 7. The minimum Gasteiger partial charge on any atom is -0.331 e. The summed E-state index contributed by atoms with van der Waals surface area (Å²) in [6, 6.07) is 7.28. The van der Waals surface area contributed by atoms with Gasteiger partial charge in [0.25, 0.3) is 17.4 Å². The Morgan fingerprint density at radius 1 is 1.28 bits per heavy atom. The zero-order valence-corrected chi connectivity index (χ0v) is 15.2. The number of halogens is 2. The van der Waals surface area contributed by atoms with Crippen LogP contribution in [0.3, 0.4) is 0 Å². The number of alkyl halides is 2. The van der Waals surface area contributed by atoms with Crippen molar-refractivity contribution in [2.45, 2.75) is 37.1 Å². The second-order valence-electron chi connectivity index (χ2n) is 5.44. The first-order valence-electron chi connectivity index (χ1n) is 7.36. The molecule has 0 atom stereocenters. The van der Waals surface area contributed by atoms with Crippen molar-refractivity contribution in [3.8, 4) is 0 Å². The van der Waals surface area contributed by atoms with Gasteiger partial charge in [0, 0.05) is 29.6 Å². The summed E-state index contributed by atoms with van der Waals surface area (Å²) in [6.07, 6.45) is 0. The van der Waals surface area contributed by atoms with Crippen LogP contribution in [0, 0.1) is 10.1 Å². The van der Waals surface area contributed by atoms with Gasteiger partial charge >= 0.3 is 0 Å². The Morgan fingerprint density at radius 3 is 2.44 bits per heavy atom.